The van der Waals surface area contributed by atoms with E-state index in [1.54, 1.807) is 18.5 Å². The quantitative estimate of drug-likeness (QED) is 0.813. The lowest BCUT2D eigenvalue weighted by Crippen LogP contribution is -2.38. The maximum atomic E-state index is 13.4. The Bertz CT molecular complexity index is 725. The van der Waals surface area contributed by atoms with Crippen LogP contribution >= 0.6 is 0 Å². The van der Waals surface area contributed by atoms with Crippen molar-refractivity contribution in [3.8, 4) is 0 Å². The van der Waals surface area contributed by atoms with Crippen LogP contribution in [0.15, 0.2) is 30.6 Å². The summed E-state index contributed by atoms with van der Waals surface area (Å²) in [6.45, 7) is 3.41. The molecule has 1 aliphatic carbocycles. The monoisotopic (exact) mass is 333 g/mol. The number of imidazole rings is 1. The Morgan fingerprint density at radius 1 is 1.33 bits per heavy atom. The summed E-state index contributed by atoms with van der Waals surface area (Å²) in [5, 5.41) is 0. The van der Waals surface area contributed by atoms with Gasteiger partial charge in [0, 0.05) is 31.4 Å². The topological polar surface area (TPSA) is 38.1 Å². The first-order chi connectivity index (χ1) is 11.6. The number of rotatable bonds is 6. The van der Waals surface area contributed by atoms with Gasteiger partial charge >= 0.3 is 0 Å². The molecular weight excluding hydrogens is 312 g/mol. The lowest BCUT2D eigenvalue weighted by molar-refractivity contribution is -0.138. The zero-order valence-electron chi connectivity index (χ0n) is 13.7. The number of nitrogens with zero attached hydrogens (tertiary/aromatic N) is 3. The van der Waals surface area contributed by atoms with Crippen molar-refractivity contribution in [1.29, 1.82) is 0 Å². The molecule has 1 amide bonds. The molecule has 1 aliphatic rings. The number of hydrogen-bond acceptors (Lipinski definition) is 2. The second-order valence-corrected chi connectivity index (χ2v) is 6.20. The molecule has 0 saturated heterocycles. The van der Waals surface area contributed by atoms with Gasteiger partial charge in [-0.2, -0.15) is 0 Å². The van der Waals surface area contributed by atoms with Crippen LogP contribution in [-0.2, 0) is 17.9 Å². The number of carbonyl (C=O) groups excluding carboxylic acids is 1. The van der Waals surface area contributed by atoms with Crippen LogP contribution in [0, 0.1) is 17.6 Å². The number of benzene rings is 1. The van der Waals surface area contributed by atoms with Crippen LogP contribution in [0.5, 0.6) is 0 Å². The Morgan fingerprint density at radius 2 is 2.12 bits per heavy atom. The van der Waals surface area contributed by atoms with E-state index >= 15 is 0 Å². The van der Waals surface area contributed by atoms with Crippen molar-refractivity contribution >= 4 is 5.91 Å². The summed E-state index contributed by atoms with van der Waals surface area (Å²) < 4.78 is 28.3. The van der Waals surface area contributed by atoms with E-state index in [1.807, 2.05) is 16.4 Å². The normalized spacial score (nSPS) is 14.5. The number of amides is 1. The average Bonchev–Trinajstić information content (AvgIpc) is 2.93. The third kappa shape index (κ3) is 3.47. The van der Waals surface area contributed by atoms with Gasteiger partial charge in [0.05, 0.1) is 6.54 Å². The van der Waals surface area contributed by atoms with Gasteiger partial charge < -0.3 is 9.47 Å². The summed E-state index contributed by atoms with van der Waals surface area (Å²) in [7, 11) is 0. The first-order valence-electron chi connectivity index (χ1n) is 8.31. The highest BCUT2D eigenvalue weighted by Crippen LogP contribution is 2.28. The molecule has 0 atom stereocenters. The van der Waals surface area contributed by atoms with Crippen molar-refractivity contribution in [1.82, 2.24) is 14.5 Å². The van der Waals surface area contributed by atoms with Crippen molar-refractivity contribution < 1.29 is 13.6 Å². The van der Waals surface area contributed by atoms with Gasteiger partial charge in [-0.3, -0.25) is 4.79 Å². The fourth-order valence-corrected chi connectivity index (χ4v) is 2.90. The Morgan fingerprint density at radius 3 is 2.75 bits per heavy atom. The van der Waals surface area contributed by atoms with Crippen molar-refractivity contribution in [3.63, 3.8) is 0 Å². The van der Waals surface area contributed by atoms with Gasteiger partial charge in [0.1, 0.15) is 5.82 Å². The number of aromatic nitrogens is 2. The molecule has 24 heavy (non-hydrogen) atoms. The zero-order valence-corrected chi connectivity index (χ0v) is 13.7. The van der Waals surface area contributed by atoms with Crippen LogP contribution < -0.4 is 0 Å². The maximum Gasteiger partial charge on any atom is 0.226 e. The lowest BCUT2D eigenvalue weighted by Gasteiger charge is -2.30. The standard InChI is InChI=1S/C18H21F2N3O/c1-2-22(18(24)14-4-3-5-14)12-17-21-8-9-23(17)11-13-6-7-15(19)16(20)10-13/h6-10,14H,2-5,11-12H2,1H3. The molecule has 0 N–H and O–H groups in total. The molecule has 3 rings (SSSR count). The fourth-order valence-electron chi connectivity index (χ4n) is 2.90. The first-order valence-corrected chi connectivity index (χ1v) is 8.31. The van der Waals surface area contributed by atoms with Gasteiger partial charge in [-0.05, 0) is 37.5 Å². The van der Waals surface area contributed by atoms with Crippen molar-refractivity contribution in [2.45, 2.75) is 39.3 Å². The van der Waals surface area contributed by atoms with E-state index in [4.69, 9.17) is 0 Å². The Labute approximate surface area is 140 Å². The number of halogens is 2. The molecule has 1 heterocycles. The van der Waals surface area contributed by atoms with Crippen LogP contribution in [0.1, 0.15) is 37.6 Å². The SMILES string of the molecule is CCN(Cc1nccn1Cc1ccc(F)c(F)c1)C(=O)C1CCC1. The van der Waals surface area contributed by atoms with Gasteiger partial charge in [-0.15, -0.1) is 0 Å². The molecule has 2 aromatic rings. The van der Waals surface area contributed by atoms with E-state index in [-0.39, 0.29) is 11.8 Å². The summed E-state index contributed by atoms with van der Waals surface area (Å²) in [5.41, 5.74) is 0.654. The largest absolute Gasteiger partial charge is 0.335 e. The Balaban J connectivity index is 1.71. The molecule has 1 aromatic carbocycles. The third-order valence-corrected chi connectivity index (χ3v) is 4.62. The van der Waals surface area contributed by atoms with Crippen molar-refractivity contribution in [3.05, 3.63) is 53.6 Å². The summed E-state index contributed by atoms with van der Waals surface area (Å²) in [6, 6.07) is 3.87. The summed E-state index contributed by atoms with van der Waals surface area (Å²) in [6.07, 6.45) is 6.52. The molecule has 6 heteroatoms. The molecule has 1 fully saturated rings. The first kappa shape index (κ1) is 16.6. The smallest absolute Gasteiger partial charge is 0.226 e. The van der Waals surface area contributed by atoms with Crippen molar-refractivity contribution in [2.75, 3.05) is 6.54 Å². The number of carbonyl (C=O) groups is 1. The molecule has 1 aromatic heterocycles. The van der Waals surface area contributed by atoms with E-state index < -0.39 is 11.6 Å². The molecule has 4 nitrogen and oxygen atoms in total. The van der Waals surface area contributed by atoms with Crippen LogP contribution in [0.4, 0.5) is 8.78 Å². The van der Waals surface area contributed by atoms with Gasteiger partial charge in [0.2, 0.25) is 5.91 Å². The molecule has 0 unspecified atom stereocenters. The summed E-state index contributed by atoms with van der Waals surface area (Å²) >= 11 is 0. The minimum atomic E-state index is -0.857. The van der Waals surface area contributed by atoms with Crippen LogP contribution in [0.2, 0.25) is 0 Å². The minimum Gasteiger partial charge on any atom is -0.335 e. The fraction of sp³-hybridized carbons (Fsp3) is 0.444. The van der Waals surface area contributed by atoms with E-state index in [0.29, 0.717) is 25.2 Å². The molecule has 128 valence electrons. The maximum absolute atomic E-state index is 13.4. The highest BCUT2D eigenvalue weighted by molar-refractivity contribution is 5.79. The molecule has 0 spiro atoms. The summed E-state index contributed by atoms with van der Waals surface area (Å²) in [4.78, 5) is 18.6. The highest BCUT2D eigenvalue weighted by Gasteiger charge is 2.29. The van der Waals surface area contributed by atoms with Gasteiger partial charge in [-0.25, -0.2) is 13.8 Å². The minimum absolute atomic E-state index is 0.152. The van der Waals surface area contributed by atoms with Crippen LogP contribution in [0.25, 0.3) is 0 Å². The highest BCUT2D eigenvalue weighted by atomic mass is 19.2. The van der Waals surface area contributed by atoms with Crippen LogP contribution in [-0.4, -0.2) is 26.9 Å². The Hall–Kier alpha value is -2.24. The van der Waals surface area contributed by atoms with Gasteiger partial charge in [0.15, 0.2) is 11.6 Å². The molecule has 0 bridgehead atoms. The second-order valence-electron chi connectivity index (χ2n) is 6.20. The third-order valence-electron chi connectivity index (χ3n) is 4.62. The molecule has 0 aliphatic heterocycles. The average molecular weight is 333 g/mol. The summed E-state index contributed by atoms with van der Waals surface area (Å²) in [5.74, 6) is -0.627. The van der Waals surface area contributed by atoms with E-state index in [1.165, 1.54) is 6.07 Å². The number of hydrogen-bond donors (Lipinski definition) is 0. The van der Waals surface area contributed by atoms with Gasteiger partial charge in [-0.1, -0.05) is 12.5 Å². The van der Waals surface area contributed by atoms with Crippen LogP contribution in [0.3, 0.4) is 0 Å². The van der Waals surface area contributed by atoms with Crippen molar-refractivity contribution in [2.24, 2.45) is 5.92 Å². The zero-order chi connectivity index (χ0) is 17.1. The molecule has 1 saturated carbocycles. The predicted octanol–water partition coefficient (Wildman–Crippen LogP) is 3.36. The second kappa shape index (κ2) is 7.11. The van der Waals surface area contributed by atoms with Gasteiger partial charge in [0.25, 0.3) is 0 Å². The van der Waals surface area contributed by atoms with E-state index in [0.717, 1.165) is 31.2 Å². The lowest BCUT2D eigenvalue weighted by atomic mass is 9.84. The Kier molecular flexibility index (Phi) is 4.92. The molecular formula is C18H21F2N3O. The van der Waals surface area contributed by atoms with E-state index in [2.05, 4.69) is 4.98 Å². The van der Waals surface area contributed by atoms with E-state index in [9.17, 15) is 13.6 Å². The predicted molar refractivity (Wildman–Crippen MR) is 86.1 cm³/mol. The molecule has 0 radical (unpaired) electrons.